The van der Waals surface area contributed by atoms with Crippen LogP contribution in [0.4, 0.5) is 4.39 Å². The lowest BCUT2D eigenvalue weighted by molar-refractivity contribution is 0.160. The van der Waals surface area contributed by atoms with Gasteiger partial charge in [0.05, 0.1) is 11.6 Å². The molecule has 0 amide bonds. The van der Waals surface area contributed by atoms with Crippen molar-refractivity contribution in [2.24, 2.45) is 0 Å². The summed E-state index contributed by atoms with van der Waals surface area (Å²) >= 11 is 0. The molecule has 1 atom stereocenters. The first-order valence-electron chi connectivity index (χ1n) is 13.3. The molecule has 39 heavy (non-hydrogen) atoms. The number of hydrogen-bond donors (Lipinski definition) is 1. The highest BCUT2D eigenvalue weighted by Gasteiger charge is 2.26. The van der Waals surface area contributed by atoms with Gasteiger partial charge in [-0.1, -0.05) is 61.5 Å². The zero-order valence-corrected chi connectivity index (χ0v) is 22.6. The van der Waals surface area contributed by atoms with Gasteiger partial charge in [0.25, 0.3) is 5.56 Å². The lowest BCUT2D eigenvalue weighted by Crippen LogP contribution is -2.32. The summed E-state index contributed by atoms with van der Waals surface area (Å²) in [5.74, 6) is 0.470. The molecule has 0 fully saturated rings. The summed E-state index contributed by atoms with van der Waals surface area (Å²) in [4.78, 5) is 18.6. The zero-order chi connectivity index (χ0) is 27.4. The van der Waals surface area contributed by atoms with E-state index in [1.807, 2.05) is 48.9 Å². The Morgan fingerprint density at radius 3 is 2.49 bits per heavy atom. The number of aromatic nitrogens is 5. The van der Waals surface area contributed by atoms with Crippen molar-refractivity contribution < 1.29 is 4.39 Å². The summed E-state index contributed by atoms with van der Waals surface area (Å²) in [6, 6.07) is 22.7. The monoisotopic (exact) mass is 524 g/mol. The number of halogens is 1. The van der Waals surface area contributed by atoms with Crippen LogP contribution in [0, 0.1) is 19.7 Å². The van der Waals surface area contributed by atoms with Crippen molar-refractivity contribution in [3.05, 3.63) is 123 Å². The number of rotatable bonds is 10. The van der Waals surface area contributed by atoms with Gasteiger partial charge in [-0.15, -0.1) is 5.10 Å². The maximum absolute atomic E-state index is 13.7. The second kappa shape index (κ2) is 11.7. The molecule has 0 saturated carbocycles. The number of aryl methyl sites for hydroxylation is 4. The van der Waals surface area contributed by atoms with Crippen molar-refractivity contribution in [1.29, 1.82) is 0 Å². The van der Waals surface area contributed by atoms with Gasteiger partial charge in [-0.25, -0.2) is 9.07 Å². The van der Waals surface area contributed by atoms with Crippen molar-refractivity contribution in [2.45, 2.75) is 59.3 Å². The minimum absolute atomic E-state index is 0.112. The fraction of sp³-hybridized carbons (Fsp3) is 0.290. The van der Waals surface area contributed by atoms with E-state index in [1.165, 1.54) is 17.7 Å². The van der Waals surface area contributed by atoms with Crippen LogP contribution in [0.3, 0.4) is 0 Å². The molecule has 7 nitrogen and oxygen atoms in total. The molecule has 2 heterocycles. The number of pyridine rings is 1. The van der Waals surface area contributed by atoms with Crippen molar-refractivity contribution in [3.63, 3.8) is 0 Å². The van der Waals surface area contributed by atoms with E-state index in [0.717, 1.165) is 46.3 Å². The Hall–Kier alpha value is -4.17. The first kappa shape index (κ1) is 26.4. The number of benzene rings is 3. The summed E-state index contributed by atoms with van der Waals surface area (Å²) in [5, 5.41) is 13.7. The Kier molecular flexibility index (Phi) is 7.93. The van der Waals surface area contributed by atoms with Gasteiger partial charge < -0.3 is 4.98 Å². The van der Waals surface area contributed by atoms with Crippen LogP contribution < -0.4 is 5.56 Å². The van der Waals surface area contributed by atoms with E-state index < -0.39 is 0 Å². The molecule has 0 aliphatic heterocycles. The number of fused-ring (bicyclic) bond motifs is 1. The van der Waals surface area contributed by atoms with Crippen LogP contribution in [-0.4, -0.2) is 30.1 Å². The molecule has 0 spiro atoms. The molecule has 3 aromatic carbocycles. The van der Waals surface area contributed by atoms with E-state index in [9.17, 15) is 9.18 Å². The number of tetrazole rings is 1. The molecule has 8 heteroatoms. The second-order valence-electron chi connectivity index (χ2n) is 10.0. The average molecular weight is 525 g/mol. The molecule has 0 aliphatic carbocycles. The fourth-order valence-corrected chi connectivity index (χ4v) is 5.10. The molecule has 0 aliphatic rings. The predicted octanol–water partition coefficient (Wildman–Crippen LogP) is 5.67. The van der Waals surface area contributed by atoms with Gasteiger partial charge in [0.2, 0.25) is 0 Å². The number of nitrogens with one attached hydrogen (secondary N) is 1. The number of hydrogen-bond acceptors (Lipinski definition) is 5. The van der Waals surface area contributed by atoms with Crippen molar-refractivity contribution in [2.75, 3.05) is 0 Å². The van der Waals surface area contributed by atoms with Gasteiger partial charge in [0.1, 0.15) is 5.82 Å². The molecule has 2 aromatic heterocycles. The van der Waals surface area contributed by atoms with Gasteiger partial charge in [-0.05, 0) is 83.0 Å². The van der Waals surface area contributed by atoms with E-state index in [-0.39, 0.29) is 17.4 Å². The molecular weight excluding hydrogens is 491 g/mol. The minimum atomic E-state index is -0.279. The summed E-state index contributed by atoms with van der Waals surface area (Å²) in [7, 11) is 0. The number of aromatic amines is 1. The van der Waals surface area contributed by atoms with E-state index in [4.69, 9.17) is 0 Å². The Morgan fingerprint density at radius 2 is 1.74 bits per heavy atom. The topological polar surface area (TPSA) is 79.7 Å². The summed E-state index contributed by atoms with van der Waals surface area (Å²) in [6.45, 7) is 7.70. The Labute approximate surface area is 227 Å². The maximum Gasteiger partial charge on any atom is 0.252 e. The molecule has 0 radical (unpaired) electrons. The highest BCUT2D eigenvalue weighted by atomic mass is 19.1. The molecule has 200 valence electrons. The molecule has 0 unspecified atom stereocenters. The maximum atomic E-state index is 13.7. The van der Waals surface area contributed by atoms with Gasteiger partial charge in [0.15, 0.2) is 5.82 Å². The SMILES string of the molecule is CC[C@@H](c1nnnn1CCc1ccccc1)N(Cc1ccc(F)cc1)Cc1cc2ccc(C)c(C)c2[nH]c1=O. The Morgan fingerprint density at radius 1 is 0.974 bits per heavy atom. The quantitative estimate of drug-likeness (QED) is 0.255. The third-order valence-electron chi connectivity index (χ3n) is 7.44. The Balaban J connectivity index is 1.49. The molecule has 5 aromatic rings. The second-order valence-corrected chi connectivity index (χ2v) is 10.0. The number of H-pyrrole nitrogens is 1. The third kappa shape index (κ3) is 5.96. The van der Waals surface area contributed by atoms with Crippen LogP contribution in [0.25, 0.3) is 10.9 Å². The van der Waals surface area contributed by atoms with Crippen molar-refractivity contribution in [3.8, 4) is 0 Å². The van der Waals surface area contributed by atoms with Crippen LogP contribution >= 0.6 is 0 Å². The highest BCUT2D eigenvalue weighted by Crippen LogP contribution is 2.27. The standard InChI is InChI=1S/C31H33FN6O/c1-4-28(30-34-35-36-38(30)17-16-23-8-6-5-7-9-23)37(19-24-11-14-27(32)15-12-24)20-26-18-25-13-10-21(2)22(3)29(25)33-31(26)39/h5-15,18,28H,4,16-17,19-20H2,1-3H3,(H,33,39)/t28-/m0/s1. The van der Waals surface area contributed by atoms with E-state index in [1.54, 1.807) is 12.1 Å². The molecule has 0 saturated heterocycles. The molecule has 0 bridgehead atoms. The first-order valence-corrected chi connectivity index (χ1v) is 13.3. The van der Waals surface area contributed by atoms with Crippen LogP contribution in [0.15, 0.2) is 77.6 Å². The van der Waals surface area contributed by atoms with Gasteiger partial charge in [0, 0.05) is 25.2 Å². The van der Waals surface area contributed by atoms with Crippen LogP contribution in [0.2, 0.25) is 0 Å². The first-order chi connectivity index (χ1) is 18.9. The smallest absolute Gasteiger partial charge is 0.252 e. The van der Waals surface area contributed by atoms with Gasteiger partial charge in [-0.3, -0.25) is 9.69 Å². The van der Waals surface area contributed by atoms with Crippen LogP contribution in [0.1, 0.15) is 53.0 Å². The largest absolute Gasteiger partial charge is 0.321 e. The lowest BCUT2D eigenvalue weighted by atomic mass is 10.0. The van der Waals surface area contributed by atoms with Crippen molar-refractivity contribution in [1.82, 2.24) is 30.1 Å². The third-order valence-corrected chi connectivity index (χ3v) is 7.44. The predicted molar refractivity (Wildman–Crippen MR) is 151 cm³/mol. The average Bonchev–Trinajstić information content (AvgIpc) is 3.41. The normalized spacial score (nSPS) is 12.3. The van der Waals surface area contributed by atoms with E-state index in [0.29, 0.717) is 25.2 Å². The van der Waals surface area contributed by atoms with Gasteiger partial charge >= 0.3 is 0 Å². The summed E-state index contributed by atoms with van der Waals surface area (Å²) < 4.78 is 15.5. The minimum Gasteiger partial charge on any atom is -0.321 e. The van der Waals surface area contributed by atoms with E-state index in [2.05, 4.69) is 50.5 Å². The zero-order valence-electron chi connectivity index (χ0n) is 22.6. The van der Waals surface area contributed by atoms with Gasteiger partial charge in [-0.2, -0.15) is 0 Å². The fourth-order valence-electron chi connectivity index (χ4n) is 5.10. The van der Waals surface area contributed by atoms with Crippen molar-refractivity contribution >= 4 is 10.9 Å². The van der Waals surface area contributed by atoms with E-state index >= 15 is 0 Å². The summed E-state index contributed by atoms with van der Waals surface area (Å²) in [6.07, 6.45) is 1.53. The molecule has 5 rings (SSSR count). The highest BCUT2D eigenvalue weighted by molar-refractivity contribution is 5.83. The molecular formula is C31H33FN6O. The molecule has 1 N–H and O–H groups in total. The van der Waals surface area contributed by atoms with Crippen LogP contribution in [-0.2, 0) is 26.1 Å². The lowest BCUT2D eigenvalue weighted by Gasteiger charge is -2.30. The van der Waals surface area contributed by atoms with Crippen LogP contribution in [0.5, 0.6) is 0 Å². The Bertz CT molecular complexity index is 1610. The summed E-state index contributed by atoms with van der Waals surface area (Å²) in [5.41, 5.74) is 5.78. The number of nitrogens with zero attached hydrogens (tertiary/aromatic N) is 5.